The molecule has 1 N–H and O–H groups in total. The van der Waals surface area contributed by atoms with Crippen LogP contribution in [0.15, 0.2) is 42.9 Å². The Morgan fingerprint density at radius 1 is 1.12 bits per heavy atom. The number of aromatic nitrogens is 3. The number of ether oxygens (including phenoxy) is 2. The van der Waals surface area contributed by atoms with Crippen molar-refractivity contribution in [1.29, 1.82) is 0 Å². The molecule has 6 nitrogen and oxygen atoms in total. The van der Waals surface area contributed by atoms with Crippen molar-refractivity contribution in [3.05, 3.63) is 65.7 Å². The van der Waals surface area contributed by atoms with Gasteiger partial charge < -0.3 is 14.8 Å². The van der Waals surface area contributed by atoms with Gasteiger partial charge in [0.2, 0.25) is 5.88 Å². The van der Waals surface area contributed by atoms with Crippen molar-refractivity contribution < 1.29 is 35.8 Å². The van der Waals surface area contributed by atoms with E-state index in [9.17, 15) is 26.3 Å². The number of pyridine rings is 1. The highest BCUT2D eigenvalue weighted by Crippen LogP contribution is 2.40. The van der Waals surface area contributed by atoms with E-state index in [1.807, 2.05) is 0 Å². The number of hydrogen-bond acceptors (Lipinski definition) is 6. The Labute approximate surface area is 190 Å². The van der Waals surface area contributed by atoms with Crippen LogP contribution in [-0.4, -0.2) is 34.1 Å². The van der Waals surface area contributed by atoms with E-state index in [1.165, 1.54) is 18.3 Å². The minimum Gasteiger partial charge on any atom is -0.417 e. The monoisotopic (exact) mass is 484 g/mol. The minimum absolute atomic E-state index is 0.00791. The first-order valence-corrected chi connectivity index (χ1v) is 10.2. The lowest BCUT2D eigenvalue weighted by Crippen LogP contribution is -2.31. The molecule has 4 rings (SSSR count). The quantitative estimate of drug-likeness (QED) is 0.446. The summed E-state index contributed by atoms with van der Waals surface area (Å²) in [4.78, 5) is 12.0. The molecule has 12 heteroatoms. The van der Waals surface area contributed by atoms with Crippen molar-refractivity contribution in [2.75, 3.05) is 11.9 Å². The summed E-state index contributed by atoms with van der Waals surface area (Å²) in [5.74, 6) is -4.70. The van der Waals surface area contributed by atoms with Gasteiger partial charge in [-0.3, -0.25) is 0 Å². The summed E-state index contributed by atoms with van der Waals surface area (Å²) < 4.78 is 89.8. The molecule has 0 radical (unpaired) electrons. The van der Waals surface area contributed by atoms with Crippen LogP contribution in [0.5, 0.6) is 5.88 Å². The lowest BCUT2D eigenvalue weighted by molar-refractivity contribution is -0.146. The van der Waals surface area contributed by atoms with Gasteiger partial charge in [-0.1, -0.05) is 6.07 Å². The summed E-state index contributed by atoms with van der Waals surface area (Å²) in [6.07, 6.45) is 1.09. The largest absolute Gasteiger partial charge is 0.417 e. The van der Waals surface area contributed by atoms with E-state index < -0.39 is 43.3 Å². The van der Waals surface area contributed by atoms with E-state index in [1.54, 1.807) is 0 Å². The van der Waals surface area contributed by atoms with Crippen LogP contribution in [0.2, 0.25) is 0 Å². The maximum atomic E-state index is 14.6. The number of rotatable bonds is 7. The molecule has 1 aromatic carbocycles. The van der Waals surface area contributed by atoms with Crippen LogP contribution in [0.25, 0.3) is 11.3 Å². The van der Waals surface area contributed by atoms with Crippen molar-refractivity contribution in [2.45, 2.75) is 38.0 Å². The molecule has 1 aliphatic rings. The number of nitrogens with zero attached hydrogens (tertiary/aromatic N) is 3. The van der Waals surface area contributed by atoms with E-state index in [2.05, 4.69) is 25.0 Å². The second-order valence-corrected chi connectivity index (χ2v) is 7.54. The number of halogens is 6. The average molecular weight is 484 g/mol. The molecule has 3 aromatic rings. The van der Waals surface area contributed by atoms with Crippen molar-refractivity contribution in [1.82, 2.24) is 15.0 Å². The molecule has 0 bridgehead atoms. The molecule has 1 atom stereocenters. The summed E-state index contributed by atoms with van der Waals surface area (Å²) in [5.41, 5.74) is 0.739. The zero-order chi connectivity index (χ0) is 24.3. The van der Waals surface area contributed by atoms with Crippen LogP contribution in [0.4, 0.5) is 32.0 Å². The van der Waals surface area contributed by atoms with Crippen molar-refractivity contribution in [3.63, 3.8) is 0 Å². The third-order valence-electron chi connectivity index (χ3n) is 5.11. The number of benzene rings is 1. The molecule has 0 aliphatic carbocycles. The fourth-order valence-electron chi connectivity index (χ4n) is 3.50. The Morgan fingerprint density at radius 2 is 1.94 bits per heavy atom. The Balaban J connectivity index is 1.67. The van der Waals surface area contributed by atoms with Gasteiger partial charge >= 0.3 is 6.61 Å². The second kappa shape index (κ2) is 9.84. The van der Waals surface area contributed by atoms with Crippen molar-refractivity contribution in [2.24, 2.45) is 0 Å². The van der Waals surface area contributed by atoms with Crippen LogP contribution in [0.3, 0.4) is 0 Å². The third-order valence-corrected chi connectivity index (χ3v) is 5.11. The zero-order valence-corrected chi connectivity index (χ0v) is 17.5. The Bertz CT molecular complexity index is 1140. The molecule has 3 heterocycles. The van der Waals surface area contributed by atoms with Crippen LogP contribution in [-0.2, 0) is 11.3 Å². The van der Waals surface area contributed by atoms with E-state index in [4.69, 9.17) is 4.74 Å². The average Bonchev–Trinajstić information content (AvgIpc) is 2.80. The number of nitrogens with one attached hydrogen (secondary N) is 1. The van der Waals surface area contributed by atoms with Crippen LogP contribution >= 0.6 is 0 Å². The molecule has 0 saturated carbocycles. The lowest BCUT2D eigenvalue weighted by atomic mass is 10.00. The molecule has 0 spiro atoms. The molecule has 2 aromatic heterocycles. The van der Waals surface area contributed by atoms with Gasteiger partial charge in [-0.25, -0.2) is 32.5 Å². The molecular formula is C22H18F6N4O2. The SMILES string of the molecule is Fc1ccc(F)c(-c2ncnc(C3CCC(F)(F)CO3)c2NCc2ccc(OC(F)F)nc2)c1. The fraction of sp³-hybridized carbons (Fsp3) is 0.318. The molecule has 1 unspecified atom stereocenters. The normalized spacial score (nSPS) is 17.6. The molecule has 34 heavy (non-hydrogen) atoms. The molecule has 1 aliphatic heterocycles. The molecule has 1 saturated heterocycles. The minimum atomic E-state index is -3.02. The Morgan fingerprint density at radius 3 is 2.62 bits per heavy atom. The van der Waals surface area contributed by atoms with E-state index in [0.29, 0.717) is 5.56 Å². The van der Waals surface area contributed by atoms with Crippen LogP contribution < -0.4 is 10.1 Å². The zero-order valence-electron chi connectivity index (χ0n) is 17.5. The van der Waals surface area contributed by atoms with Crippen LogP contribution in [0, 0.1) is 11.6 Å². The predicted octanol–water partition coefficient (Wildman–Crippen LogP) is 5.52. The fourth-order valence-corrected chi connectivity index (χ4v) is 3.50. The van der Waals surface area contributed by atoms with Gasteiger partial charge in [0.25, 0.3) is 5.92 Å². The number of alkyl halides is 4. The highest BCUT2D eigenvalue weighted by Gasteiger charge is 2.38. The molecule has 0 amide bonds. The maximum absolute atomic E-state index is 14.6. The summed E-state index contributed by atoms with van der Waals surface area (Å²) in [5, 5.41) is 3.01. The first-order valence-electron chi connectivity index (χ1n) is 10.2. The van der Waals surface area contributed by atoms with Crippen molar-refractivity contribution in [3.8, 4) is 17.1 Å². The standard InChI is InChI=1S/C22H18F6N4O2/c23-13-2-3-15(24)14(7-13)18-20(30-9-12-1-4-17(29-8-12)34-21(25)26)19(32-11-31-18)16-5-6-22(27,28)10-33-16/h1-4,7-8,11,16,21,30H,5-6,9-10H2. The van der Waals surface area contributed by atoms with E-state index in [-0.39, 0.29) is 41.5 Å². The Kier molecular flexibility index (Phi) is 6.87. The van der Waals surface area contributed by atoms with Gasteiger partial charge in [0, 0.05) is 30.8 Å². The topological polar surface area (TPSA) is 69.2 Å². The highest BCUT2D eigenvalue weighted by molar-refractivity contribution is 5.76. The first kappa shape index (κ1) is 23.7. The van der Waals surface area contributed by atoms with Gasteiger partial charge in [-0.2, -0.15) is 8.78 Å². The van der Waals surface area contributed by atoms with Crippen molar-refractivity contribution >= 4 is 5.69 Å². The summed E-state index contributed by atoms with van der Waals surface area (Å²) >= 11 is 0. The van der Waals surface area contributed by atoms with Gasteiger partial charge in [0.05, 0.1) is 11.4 Å². The highest BCUT2D eigenvalue weighted by atomic mass is 19.3. The van der Waals surface area contributed by atoms with E-state index >= 15 is 0 Å². The molecular weight excluding hydrogens is 466 g/mol. The van der Waals surface area contributed by atoms with Gasteiger partial charge in [-0.05, 0) is 30.2 Å². The van der Waals surface area contributed by atoms with Gasteiger partial charge in [0.1, 0.15) is 36.4 Å². The van der Waals surface area contributed by atoms with Gasteiger partial charge in [-0.15, -0.1) is 0 Å². The molecule has 1 fully saturated rings. The summed E-state index contributed by atoms with van der Waals surface area (Å²) in [6, 6.07) is 5.57. The second-order valence-electron chi connectivity index (χ2n) is 7.54. The summed E-state index contributed by atoms with van der Waals surface area (Å²) in [7, 11) is 0. The lowest BCUT2D eigenvalue weighted by Gasteiger charge is -2.30. The Hall–Kier alpha value is -3.41. The number of hydrogen-bond donors (Lipinski definition) is 1. The number of anilines is 1. The maximum Gasteiger partial charge on any atom is 0.388 e. The smallest absolute Gasteiger partial charge is 0.388 e. The van der Waals surface area contributed by atoms with E-state index in [0.717, 1.165) is 24.5 Å². The third kappa shape index (κ3) is 5.56. The predicted molar refractivity (Wildman–Crippen MR) is 108 cm³/mol. The first-order chi connectivity index (χ1) is 16.2. The molecule has 180 valence electrons. The van der Waals surface area contributed by atoms with Crippen LogP contribution in [0.1, 0.15) is 30.2 Å². The van der Waals surface area contributed by atoms with Gasteiger partial charge in [0.15, 0.2) is 0 Å². The summed E-state index contributed by atoms with van der Waals surface area (Å²) in [6.45, 7) is -3.78.